The Morgan fingerprint density at radius 1 is 1.60 bits per heavy atom. The van der Waals surface area contributed by atoms with Gasteiger partial charge < -0.3 is 15.5 Å². The van der Waals surface area contributed by atoms with E-state index in [0.717, 1.165) is 19.5 Å². The van der Waals surface area contributed by atoms with Gasteiger partial charge in [-0.25, -0.2) is 0 Å². The number of hydrogen-bond acceptors (Lipinski definition) is 3. The smallest absolute Gasteiger partial charge is 0.236 e. The van der Waals surface area contributed by atoms with E-state index in [1.807, 2.05) is 4.90 Å². The minimum Gasteiger partial charge on any atom is -0.335 e. The molecule has 1 aliphatic heterocycles. The molecule has 0 spiro atoms. The fourth-order valence-electron chi connectivity index (χ4n) is 2.38. The maximum atomic E-state index is 11.7. The molecule has 4 heteroatoms. The Hall–Kier alpha value is -0.610. The molecular weight excluding hydrogens is 190 g/mol. The highest BCUT2D eigenvalue weighted by molar-refractivity contribution is 5.78. The Morgan fingerprint density at radius 3 is 2.73 bits per heavy atom. The summed E-state index contributed by atoms with van der Waals surface area (Å²) in [6.45, 7) is 6.35. The van der Waals surface area contributed by atoms with Crippen LogP contribution >= 0.6 is 0 Å². The first-order valence-electron chi connectivity index (χ1n) is 5.76. The number of nitrogens with zero attached hydrogens (tertiary/aromatic N) is 2. The lowest BCUT2D eigenvalue weighted by Crippen LogP contribution is -2.53. The van der Waals surface area contributed by atoms with Crippen molar-refractivity contribution in [1.29, 1.82) is 0 Å². The topological polar surface area (TPSA) is 49.6 Å². The molecule has 15 heavy (non-hydrogen) atoms. The van der Waals surface area contributed by atoms with Crippen LogP contribution in [0.4, 0.5) is 0 Å². The molecule has 88 valence electrons. The van der Waals surface area contributed by atoms with Crippen LogP contribution in [0.5, 0.6) is 0 Å². The first-order valence-corrected chi connectivity index (χ1v) is 5.76. The summed E-state index contributed by atoms with van der Waals surface area (Å²) < 4.78 is 0. The van der Waals surface area contributed by atoms with Crippen molar-refractivity contribution in [3.63, 3.8) is 0 Å². The Labute approximate surface area is 92.4 Å². The number of piperidine rings is 1. The van der Waals surface area contributed by atoms with E-state index in [1.54, 1.807) is 0 Å². The van der Waals surface area contributed by atoms with Crippen LogP contribution in [0.2, 0.25) is 0 Å². The van der Waals surface area contributed by atoms with Crippen LogP contribution in [0.3, 0.4) is 0 Å². The van der Waals surface area contributed by atoms with Crippen molar-refractivity contribution in [2.24, 2.45) is 5.73 Å². The third-order valence-corrected chi connectivity index (χ3v) is 3.01. The molecule has 0 unspecified atom stereocenters. The molecule has 0 saturated carbocycles. The highest BCUT2D eigenvalue weighted by atomic mass is 16.2. The molecule has 1 rings (SSSR count). The SMILES string of the molecule is CC(C)N(C(=O)CN)[C@H]1CCCN(C)C1. The predicted octanol–water partition coefficient (Wildman–Crippen LogP) is 0.276. The molecular formula is C11H23N3O. The van der Waals surface area contributed by atoms with Crippen molar-refractivity contribution < 1.29 is 4.79 Å². The molecule has 0 aromatic rings. The molecule has 2 N–H and O–H groups in total. The van der Waals surface area contributed by atoms with Crippen LogP contribution in [0.25, 0.3) is 0 Å². The Bertz CT molecular complexity index is 218. The van der Waals surface area contributed by atoms with Gasteiger partial charge in [0.1, 0.15) is 0 Å². The monoisotopic (exact) mass is 213 g/mol. The van der Waals surface area contributed by atoms with Crippen LogP contribution in [-0.4, -0.2) is 54.5 Å². The summed E-state index contributed by atoms with van der Waals surface area (Å²) in [6, 6.07) is 0.595. The van der Waals surface area contributed by atoms with E-state index in [2.05, 4.69) is 25.8 Å². The zero-order chi connectivity index (χ0) is 11.4. The van der Waals surface area contributed by atoms with Gasteiger partial charge in [0, 0.05) is 18.6 Å². The second-order valence-electron chi connectivity index (χ2n) is 4.66. The Kier molecular flexibility index (Phi) is 4.54. The van der Waals surface area contributed by atoms with Gasteiger partial charge in [-0.2, -0.15) is 0 Å². The van der Waals surface area contributed by atoms with Crippen LogP contribution in [0.15, 0.2) is 0 Å². The van der Waals surface area contributed by atoms with Gasteiger partial charge in [0.25, 0.3) is 0 Å². The van der Waals surface area contributed by atoms with E-state index in [9.17, 15) is 4.79 Å². The molecule has 1 fully saturated rings. The van der Waals surface area contributed by atoms with Gasteiger partial charge in [-0.1, -0.05) is 0 Å². The number of likely N-dealkylation sites (tertiary alicyclic amines) is 1. The van der Waals surface area contributed by atoms with Crippen LogP contribution in [-0.2, 0) is 4.79 Å². The number of hydrogen-bond donors (Lipinski definition) is 1. The second-order valence-corrected chi connectivity index (χ2v) is 4.66. The number of nitrogens with two attached hydrogens (primary N) is 1. The summed E-state index contributed by atoms with van der Waals surface area (Å²) in [5, 5.41) is 0. The van der Waals surface area contributed by atoms with Gasteiger partial charge in [0.2, 0.25) is 5.91 Å². The van der Waals surface area contributed by atoms with Gasteiger partial charge >= 0.3 is 0 Å². The summed E-state index contributed by atoms with van der Waals surface area (Å²) in [7, 11) is 2.11. The zero-order valence-electron chi connectivity index (χ0n) is 10.1. The lowest BCUT2D eigenvalue weighted by Gasteiger charge is -2.40. The minimum absolute atomic E-state index is 0.0744. The minimum atomic E-state index is 0.0744. The zero-order valence-corrected chi connectivity index (χ0v) is 10.1. The summed E-state index contributed by atoms with van der Waals surface area (Å²) in [4.78, 5) is 16.0. The lowest BCUT2D eigenvalue weighted by molar-refractivity contribution is -0.135. The third kappa shape index (κ3) is 3.18. The van der Waals surface area contributed by atoms with E-state index in [0.29, 0.717) is 6.04 Å². The van der Waals surface area contributed by atoms with Crippen molar-refractivity contribution in [3.05, 3.63) is 0 Å². The molecule has 0 aromatic heterocycles. The predicted molar refractivity (Wildman–Crippen MR) is 61.6 cm³/mol. The summed E-state index contributed by atoms with van der Waals surface area (Å²) in [5.41, 5.74) is 5.45. The van der Waals surface area contributed by atoms with Crippen LogP contribution in [0, 0.1) is 0 Å². The fraction of sp³-hybridized carbons (Fsp3) is 0.909. The molecule has 0 aromatic carbocycles. The number of carbonyl (C=O) groups excluding carboxylic acids is 1. The quantitative estimate of drug-likeness (QED) is 0.732. The molecule has 1 heterocycles. The van der Waals surface area contributed by atoms with Crippen molar-refractivity contribution in [3.8, 4) is 0 Å². The van der Waals surface area contributed by atoms with Gasteiger partial charge in [0.05, 0.1) is 6.54 Å². The van der Waals surface area contributed by atoms with E-state index < -0.39 is 0 Å². The van der Waals surface area contributed by atoms with Gasteiger partial charge in [-0.05, 0) is 40.3 Å². The number of carbonyl (C=O) groups is 1. The van der Waals surface area contributed by atoms with Crippen molar-refractivity contribution in [2.75, 3.05) is 26.7 Å². The first kappa shape index (κ1) is 12.5. The molecule has 0 aliphatic carbocycles. The summed E-state index contributed by atoms with van der Waals surface area (Å²) >= 11 is 0. The molecule has 0 bridgehead atoms. The lowest BCUT2D eigenvalue weighted by atomic mass is 10.0. The number of amides is 1. The maximum Gasteiger partial charge on any atom is 0.236 e. The molecule has 1 saturated heterocycles. The van der Waals surface area contributed by atoms with Crippen molar-refractivity contribution in [1.82, 2.24) is 9.80 Å². The van der Waals surface area contributed by atoms with Crippen molar-refractivity contribution in [2.45, 2.75) is 38.8 Å². The molecule has 0 radical (unpaired) electrons. The van der Waals surface area contributed by atoms with E-state index >= 15 is 0 Å². The van der Waals surface area contributed by atoms with Crippen molar-refractivity contribution >= 4 is 5.91 Å². The fourth-order valence-corrected chi connectivity index (χ4v) is 2.38. The number of likely N-dealkylation sites (N-methyl/N-ethyl adjacent to an activating group) is 1. The van der Waals surface area contributed by atoms with Crippen LogP contribution in [0.1, 0.15) is 26.7 Å². The molecule has 1 amide bonds. The average molecular weight is 213 g/mol. The molecule has 1 atom stereocenters. The number of rotatable bonds is 3. The normalized spacial score (nSPS) is 23.1. The van der Waals surface area contributed by atoms with Crippen LogP contribution < -0.4 is 5.73 Å². The highest BCUT2D eigenvalue weighted by Gasteiger charge is 2.28. The molecule has 4 nitrogen and oxygen atoms in total. The van der Waals surface area contributed by atoms with E-state index in [1.165, 1.54) is 6.42 Å². The van der Waals surface area contributed by atoms with Gasteiger partial charge in [-0.3, -0.25) is 4.79 Å². The third-order valence-electron chi connectivity index (χ3n) is 3.01. The van der Waals surface area contributed by atoms with E-state index in [-0.39, 0.29) is 18.5 Å². The van der Waals surface area contributed by atoms with E-state index in [4.69, 9.17) is 5.73 Å². The summed E-state index contributed by atoms with van der Waals surface area (Å²) in [6.07, 6.45) is 2.27. The van der Waals surface area contributed by atoms with Gasteiger partial charge in [-0.15, -0.1) is 0 Å². The van der Waals surface area contributed by atoms with Gasteiger partial charge in [0.15, 0.2) is 0 Å². The average Bonchev–Trinajstić information content (AvgIpc) is 2.17. The Balaban J connectivity index is 2.66. The molecule has 1 aliphatic rings. The second kappa shape index (κ2) is 5.47. The summed E-state index contributed by atoms with van der Waals surface area (Å²) in [5.74, 6) is 0.0744. The largest absolute Gasteiger partial charge is 0.335 e. The maximum absolute atomic E-state index is 11.7. The highest BCUT2D eigenvalue weighted by Crippen LogP contribution is 2.17. The standard InChI is InChI=1S/C11H23N3O/c1-9(2)14(11(15)7-12)10-5-4-6-13(3)8-10/h9-10H,4-8,12H2,1-3H3/t10-/m0/s1. The first-order chi connectivity index (χ1) is 7.06. The Morgan fingerprint density at radius 2 is 2.27 bits per heavy atom.